The van der Waals surface area contributed by atoms with Crippen molar-refractivity contribution in [3.05, 3.63) is 0 Å². The molecular weight excluding hydrogens is 210 g/mol. The first kappa shape index (κ1) is 13.4. The Hall–Kier alpha value is -0.650. The molecule has 0 saturated carbocycles. The predicted molar refractivity (Wildman–Crippen MR) is 59.1 cm³/mol. The number of aliphatic hydroxyl groups is 1. The highest BCUT2D eigenvalue weighted by atomic mass is 16.5. The maximum absolute atomic E-state index is 11.4. The summed E-state index contributed by atoms with van der Waals surface area (Å²) in [7, 11) is 0. The molecule has 16 heavy (non-hydrogen) atoms. The fourth-order valence-corrected chi connectivity index (χ4v) is 1.33. The Labute approximate surface area is 96.1 Å². The highest BCUT2D eigenvalue weighted by Crippen LogP contribution is 2.16. The van der Waals surface area contributed by atoms with Crippen LogP contribution in [0.4, 0.5) is 0 Å². The van der Waals surface area contributed by atoms with Crippen molar-refractivity contribution in [2.75, 3.05) is 26.4 Å². The van der Waals surface area contributed by atoms with Gasteiger partial charge in [0.15, 0.2) is 0 Å². The minimum Gasteiger partial charge on any atom is -0.386 e. The fraction of sp³-hybridized carbons (Fsp3) is 0.909. The van der Waals surface area contributed by atoms with Gasteiger partial charge in [0.05, 0.1) is 12.2 Å². The quantitative estimate of drug-likeness (QED) is 0.718. The smallest absolute Gasteiger partial charge is 0.246 e. The molecule has 5 nitrogen and oxygen atoms in total. The number of nitrogens with one attached hydrogen (secondary N) is 1. The summed E-state index contributed by atoms with van der Waals surface area (Å²) in [6.07, 6.45) is 0.563. The van der Waals surface area contributed by atoms with Gasteiger partial charge in [-0.2, -0.15) is 0 Å². The molecular formula is C11H21NO4. The zero-order chi connectivity index (χ0) is 12.2. The molecule has 1 amide bonds. The number of ether oxygens (including phenoxy) is 2. The number of carbonyl (C=O) groups excluding carboxylic acids is 1. The van der Waals surface area contributed by atoms with Crippen LogP contribution < -0.4 is 5.32 Å². The first-order valence-corrected chi connectivity index (χ1v) is 5.52. The molecule has 1 aliphatic rings. The molecule has 0 spiro atoms. The Morgan fingerprint density at radius 3 is 2.75 bits per heavy atom. The van der Waals surface area contributed by atoms with Crippen LogP contribution in [0.15, 0.2) is 0 Å². The van der Waals surface area contributed by atoms with Gasteiger partial charge in [0.2, 0.25) is 5.91 Å². The second-order valence-corrected chi connectivity index (χ2v) is 5.20. The maximum Gasteiger partial charge on any atom is 0.246 e. The largest absolute Gasteiger partial charge is 0.386 e. The molecule has 1 fully saturated rings. The third-order valence-electron chi connectivity index (χ3n) is 2.33. The number of hydrogen-bond acceptors (Lipinski definition) is 4. The van der Waals surface area contributed by atoms with E-state index in [-0.39, 0.29) is 31.3 Å². The zero-order valence-electron chi connectivity index (χ0n) is 10.2. The van der Waals surface area contributed by atoms with Crippen LogP contribution in [0.5, 0.6) is 0 Å². The van der Waals surface area contributed by atoms with Crippen LogP contribution >= 0.6 is 0 Å². The zero-order valence-corrected chi connectivity index (χ0v) is 10.2. The summed E-state index contributed by atoms with van der Waals surface area (Å²) in [5, 5.41) is 12.5. The summed E-state index contributed by atoms with van der Waals surface area (Å²) in [6, 6.07) is 0. The van der Waals surface area contributed by atoms with E-state index in [0.29, 0.717) is 13.0 Å². The lowest BCUT2D eigenvalue weighted by molar-refractivity contribution is -0.131. The fourth-order valence-electron chi connectivity index (χ4n) is 1.33. The normalized spacial score (nSPS) is 25.8. The lowest BCUT2D eigenvalue weighted by atomic mass is 10.0. The summed E-state index contributed by atoms with van der Waals surface area (Å²) in [6.45, 7) is 6.73. The first-order chi connectivity index (χ1) is 7.31. The Morgan fingerprint density at radius 1 is 1.56 bits per heavy atom. The molecule has 0 aromatic heterocycles. The molecule has 2 N–H and O–H groups in total. The minimum atomic E-state index is -0.905. The Bertz CT molecular complexity index is 241. The molecule has 1 unspecified atom stereocenters. The van der Waals surface area contributed by atoms with E-state index >= 15 is 0 Å². The molecule has 0 radical (unpaired) electrons. The van der Waals surface area contributed by atoms with Crippen LogP contribution in [0.3, 0.4) is 0 Å². The molecule has 0 aromatic rings. The lowest BCUT2D eigenvalue weighted by Crippen LogP contribution is -2.44. The highest BCUT2D eigenvalue weighted by molar-refractivity contribution is 5.77. The average Bonchev–Trinajstić information content (AvgIpc) is 2.59. The summed E-state index contributed by atoms with van der Waals surface area (Å²) in [4.78, 5) is 11.4. The van der Waals surface area contributed by atoms with Crippen LogP contribution in [0.1, 0.15) is 27.2 Å². The van der Waals surface area contributed by atoms with E-state index in [2.05, 4.69) is 5.32 Å². The van der Waals surface area contributed by atoms with E-state index in [4.69, 9.17) is 9.47 Å². The van der Waals surface area contributed by atoms with E-state index in [9.17, 15) is 9.90 Å². The van der Waals surface area contributed by atoms with E-state index in [0.717, 1.165) is 0 Å². The van der Waals surface area contributed by atoms with Crippen LogP contribution in [0, 0.1) is 0 Å². The van der Waals surface area contributed by atoms with Crippen molar-refractivity contribution in [1.29, 1.82) is 0 Å². The van der Waals surface area contributed by atoms with Crippen LogP contribution in [0.25, 0.3) is 0 Å². The van der Waals surface area contributed by atoms with Gasteiger partial charge in [0.1, 0.15) is 12.2 Å². The van der Waals surface area contributed by atoms with E-state index in [1.54, 1.807) is 0 Å². The first-order valence-electron chi connectivity index (χ1n) is 5.52. The second kappa shape index (κ2) is 5.12. The van der Waals surface area contributed by atoms with E-state index in [1.165, 1.54) is 0 Å². The van der Waals surface area contributed by atoms with Crippen molar-refractivity contribution in [2.24, 2.45) is 0 Å². The van der Waals surface area contributed by atoms with Crippen molar-refractivity contribution < 1.29 is 19.4 Å². The molecule has 1 aliphatic heterocycles. The highest BCUT2D eigenvalue weighted by Gasteiger charge is 2.32. The van der Waals surface area contributed by atoms with Gasteiger partial charge in [-0.15, -0.1) is 0 Å². The molecule has 0 bridgehead atoms. The second-order valence-electron chi connectivity index (χ2n) is 5.20. The number of amides is 1. The van der Waals surface area contributed by atoms with Crippen molar-refractivity contribution in [1.82, 2.24) is 5.32 Å². The van der Waals surface area contributed by atoms with Gasteiger partial charge in [-0.3, -0.25) is 4.79 Å². The molecule has 1 heterocycles. The average molecular weight is 231 g/mol. The minimum absolute atomic E-state index is 0.0143. The predicted octanol–water partition coefficient (Wildman–Crippen LogP) is 0.0691. The third kappa shape index (κ3) is 4.92. The standard InChI is InChI=1S/C11H21NO4/c1-10(2,3)16-6-9(13)12-7-11(14)4-5-15-8-11/h14H,4-8H2,1-3H3,(H,12,13). The SMILES string of the molecule is CC(C)(C)OCC(=O)NCC1(O)CCOC1. The Balaban J connectivity index is 2.20. The van der Waals surface area contributed by atoms with Gasteiger partial charge >= 0.3 is 0 Å². The Kier molecular flexibility index (Phi) is 4.29. The van der Waals surface area contributed by atoms with Crippen molar-refractivity contribution in [3.63, 3.8) is 0 Å². The van der Waals surface area contributed by atoms with Gasteiger partial charge < -0.3 is 19.9 Å². The van der Waals surface area contributed by atoms with Gasteiger partial charge in [-0.25, -0.2) is 0 Å². The van der Waals surface area contributed by atoms with Crippen molar-refractivity contribution in [3.8, 4) is 0 Å². The van der Waals surface area contributed by atoms with Gasteiger partial charge in [0.25, 0.3) is 0 Å². The van der Waals surface area contributed by atoms with Crippen molar-refractivity contribution in [2.45, 2.75) is 38.4 Å². The van der Waals surface area contributed by atoms with Crippen LogP contribution in [0.2, 0.25) is 0 Å². The third-order valence-corrected chi connectivity index (χ3v) is 2.33. The molecule has 0 aliphatic carbocycles. The van der Waals surface area contributed by atoms with Gasteiger partial charge in [-0.05, 0) is 20.8 Å². The maximum atomic E-state index is 11.4. The summed E-state index contributed by atoms with van der Waals surface area (Å²) < 4.78 is 10.4. The van der Waals surface area contributed by atoms with Gasteiger partial charge in [0, 0.05) is 19.6 Å². The number of carbonyl (C=O) groups is 1. The molecule has 0 aromatic carbocycles. The topological polar surface area (TPSA) is 67.8 Å². The lowest BCUT2D eigenvalue weighted by Gasteiger charge is -2.22. The molecule has 1 rings (SSSR count). The van der Waals surface area contributed by atoms with Crippen LogP contribution in [-0.2, 0) is 14.3 Å². The number of rotatable bonds is 4. The monoisotopic (exact) mass is 231 g/mol. The Morgan fingerprint density at radius 2 is 2.25 bits per heavy atom. The van der Waals surface area contributed by atoms with E-state index < -0.39 is 5.60 Å². The van der Waals surface area contributed by atoms with E-state index in [1.807, 2.05) is 20.8 Å². The molecule has 5 heteroatoms. The number of hydrogen-bond donors (Lipinski definition) is 2. The summed E-state index contributed by atoms with van der Waals surface area (Å²) >= 11 is 0. The summed E-state index contributed by atoms with van der Waals surface area (Å²) in [5.74, 6) is -0.213. The molecule has 94 valence electrons. The van der Waals surface area contributed by atoms with Crippen LogP contribution in [-0.4, -0.2) is 48.6 Å². The molecule has 1 atom stereocenters. The van der Waals surface area contributed by atoms with Gasteiger partial charge in [-0.1, -0.05) is 0 Å². The molecule has 1 saturated heterocycles. The summed E-state index contributed by atoms with van der Waals surface area (Å²) in [5.41, 5.74) is -1.23. The van der Waals surface area contributed by atoms with Crippen molar-refractivity contribution >= 4 is 5.91 Å².